The molecule has 0 aliphatic carbocycles. The number of nitrogen functional groups attached to an aromatic ring is 1. The second-order valence-electron chi connectivity index (χ2n) is 4.64. The Kier molecular flexibility index (Phi) is 3.99. The topological polar surface area (TPSA) is 38.9 Å². The van der Waals surface area contributed by atoms with Crippen LogP contribution in [-0.2, 0) is 5.75 Å². The predicted molar refractivity (Wildman–Crippen MR) is 87.1 cm³/mol. The largest absolute Gasteiger partial charge is 0.399 e. The zero-order chi connectivity index (χ0) is 14.8. The van der Waals surface area contributed by atoms with Crippen LogP contribution in [0.4, 0.5) is 10.1 Å². The van der Waals surface area contributed by atoms with Crippen LogP contribution in [0.2, 0.25) is 5.15 Å². The van der Waals surface area contributed by atoms with E-state index >= 15 is 0 Å². The fourth-order valence-corrected chi connectivity index (χ4v) is 3.32. The zero-order valence-electron chi connectivity index (χ0n) is 11.0. The minimum Gasteiger partial charge on any atom is -0.399 e. The van der Waals surface area contributed by atoms with Crippen molar-refractivity contribution in [3.63, 3.8) is 0 Å². The van der Waals surface area contributed by atoms with E-state index < -0.39 is 0 Å². The lowest BCUT2D eigenvalue weighted by Gasteiger charge is -2.07. The Bertz CT molecular complexity index is 787. The second-order valence-corrected chi connectivity index (χ2v) is 6.05. The summed E-state index contributed by atoms with van der Waals surface area (Å²) in [6, 6.07) is 14.3. The smallest absolute Gasteiger partial charge is 0.133 e. The molecule has 0 spiro atoms. The summed E-state index contributed by atoms with van der Waals surface area (Å²) in [7, 11) is 0. The van der Waals surface area contributed by atoms with Crippen LogP contribution >= 0.6 is 23.4 Å². The molecule has 1 aromatic heterocycles. The summed E-state index contributed by atoms with van der Waals surface area (Å²) in [6.45, 7) is 0. The maximum atomic E-state index is 13.3. The van der Waals surface area contributed by atoms with E-state index in [0.29, 0.717) is 16.6 Å². The SMILES string of the molecule is Nc1cc(F)cc(SCc2cc3ccccc3nc2Cl)c1. The Morgan fingerprint density at radius 3 is 2.76 bits per heavy atom. The van der Waals surface area contributed by atoms with E-state index in [4.69, 9.17) is 17.3 Å². The van der Waals surface area contributed by atoms with E-state index in [1.165, 1.54) is 23.9 Å². The molecule has 0 unspecified atom stereocenters. The van der Waals surface area contributed by atoms with Gasteiger partial charge in [0.25, 0.3) is 0 Å². The van der Waals surface area contributed by atoms with Crippen molar-refractivity contribution >= 4 is 40.0 Å². The van der Waals surface area contributed by atoms with Crippen molar-refractivity contribution in [3.8, 4) is 0 Å². The van der Waals surface area contributed by atoms with Gasteiger partial charge in [-0.25, -0.2) is 9.37 Å². The summed E-state index contributed by atoms with van der Waals surface area (Å²) in [4.78, 5) is 5.15. The first-order valence-corrected chi connectivity index (χ1v) is 7.71. The van der Waals surface area contributed by atoms with Gasteiger partial charge in [-0.3, -0.25) is 0 Å². The van der Waals surface area contributed by atoms with E-state index in [-0.39, 0.29) is 5.82 Å². The second kappa shape index (κ2) is 5.92. The quantitative estimate of drug-likeness (QED) is 0.424. The molecule has 5 heteroatoms. The van der Waals surface area contributed by atoms with Crippen molar-refractivity contribution < 1.29 is 4.39 Å². The number of fused-ring (bicyclic) bond motifs is 1. The summed E-state index contributed by atoms with van der Waals surface area (Å²) in [6.07, 6.45) is 0. The molecule has 3 aromatic rings. The highest BCUT2D eigenvalue weighted by molar-refractivity contribution is 7.98. The van der Waals surface area contributed by atoms with Crippen molar-refractivity contribution in [2.75, 3.05) is 5.73 Å². The van der Waals surface area contributed by atoms with Crippen molar-refractivity contribution in [2.45, 2.75) is 10.6 Å². The van der Waals surface area contributed by atoms with E-state index in [2.05, 4.69) is 4.98 Å². The third kappa shape index (κ3) is 3.28. The number of aromatic nitrogens is 1. The van der Waals surface area contributed by atoms with Crippen molar-refractivity contribution in [1.82, 2.24) is 4.98 Å². The molecule has 2 aromatic carbocycles. The molecule has 2 nitrogen and oxygen atoms in total. The third-order valence-corrected chi connectivity index (χ3v) is 4.39. The molecule has 0 saturated carbocycles. The number of rotatable bonds is 3. The number of benzene rings is 2. The Balaban J connectivity index is 1.86. The van der Waals surface area contributed by atoms with Crippen LogP contribution in [0.25, 0.3) is 10.9 Å². The lowest BCUT2D eigenvalue weighted by atomic mass is 10.2. The minimum absolute atomic E-state index is 0.333. The Morgan fingerprint density at radius 1 is 1.14 bits per heavy atom. The van der Waals surface area contributed by atoms with Gasteiger partial charge in [-0.05, 0) is 30.3 Å². The molecule has 0 atom stereocenters. The summed E-state index contributed by atoms with van der Waals surface area (Å²) >= 11 is 7.69. The molecule has 21 heavy (non-hydrogen) atoms. The summed E-state index contributed by atoms with van der Waals surface area (Å²) < 4.78 is 13.3. The lowest BCUT2D eigenvalue weighted by molar-refractivity contribution is 0.625. The van der Waals surface area contributed by atoms with Crippen LogP contribution in [0.3, 0.4) is 0 Å². The van der Waals surface area contributed by atoms with Crippen LogP contribution in [-0.4, -0.2) is 4.98 Å². The van der Waals surface area contributed by atoms with Crippen molar-refractivity contribution in [3.05, 3.63) is 65.1 Å². The third-order valence-electron chi connectivity index (χ3n) is 3.04. The molecule has 2 N–H and O–H groups in total. The Labute approximate surface area is 131 Å². The number of nitrogens with zero attached hydrogens (tertiary/aromatic N) is 1. The van der Waals surface area contributed by atoms with Gasteiger partial charge in [-0.15, -0.1) is 11.8 Å². The molecular weight excluding hydrogens is 307 g/mol. The molecule has 3 rings (SSSR count). The number of para-hydroxylation sites is 1. The highest BCUT2D eigenvalue weighted by atomic mass is 35.5. The summed E-state index contributed by atoms with van der Waals surface area (Å²) in [5.41, 5.74) is 7.84. The standard InChI is InChI=1S/C16H12ClFN2S/c17-16-11(5-10-3-1-2-4-15(10)20-16)9-21-14-7-12(18)6-13(19)8-14/h1-8H,9,19H2. The van der Waals surface area contributed by atoms with E-state index in [1.54, 1.807) is 6.07 Å². The van der Waals surface area contributed by atoms with Crippen LogP contribution in [0.1, 0.15) is 5.56 Å². The van der Waals surface area contributed by atoms with Crippen LogP contribution < -0.4 is 5.73 Å². The zero-order valence-corrected chi connectivity index (χ0v) is 12.6. The van der Waals surface area contributed by atoms with Gasteiger partial charge >= 0.3 is 0 Å². The van der Waals surface area contributed by atoms with Gasteiger partial charge in [0.1, 0.15) is 11.0 Å². The van der Waals surface area contributed by atoms with Crippen LogP contribution in [0.15, 0.2) is 53.4 Å². The molecule has 0 bridgehead atoms. The monoisotopic (exact) mass is 318 g/mol. The lowest BCUT2D eigenvalue weighted by Crippen LogP contribution is -1.90. The normalized spacial score (nSPS) is 11.0. The fraction of sp³-hybridized carbons (Fsp3) is 0.0625. The molecule has 0 aliphatic heterocycles. The van der Waals surface area contributed by atoms with Gasteiger partial charge in [0.15, 0.2) is 0 Å². The first-order chi connectivity index (χ1) is 10.1. The van der Waals surface area contributed by atoms with E-state index in [0.717, 1.165) is 21.4 Å². The maximum Gasteiger partial charge on any atom is 0.133 e. The summed E-state index contributed by atoms with van der Waals surface area (Å²) in [5.74, 6) is 0.278. The highest BCUT2D eigenvalue weighted by Gasteiger charge is 2.06. The number of hydrogen-bond donors (Lipinski definition) is 1. The van der Waals surface area contributed by atoms with Crippen LogP contribution in [0, 0.1) is 5.82 Å². The van der Waals surface area contributed by atoms with Gasteiger partial charge in [0.05, 0.1) is 5.52 Å². The van der Waals surface area contributed by atoms with Gasteiger partial charge in [0, 0.05) is 27.3 Å². The van der Waals surface area contributed by atoms with Crippen LogP contribution in [0.5, 0.6) is 0 Å². The molecule has 0 saturated heterocycles. The number of pyridine rings is 1. The molecule has 0 amide bonds. The number of thioether (sulfide) groups is 1. The van der Waals surface area contributed by atoms with E-state index in [1.807, 2.05) is 30.3 Å². The van der Waals surface area contributed by atoms with Gasteiger partial charge in [-0.1, -0.05) is 29.8 Å². The molecule has 0 fully saturated rings. The molecule has 1 heterocycles. The Morgan fingerprint density at radius 2 is 1.95 bits per heavy atom. The van der Waals surface area contributed by atoms with Crippen molar-refractivity contribution in [2.24, 2.45) is 0 Å². The maximum absolute atomic E-state index is 13.3. The molecule has 0 radical (unpaired) electrons. The average Bonchev–Trinajstić information content (AvgIpc) is 2.44. The molecule has 0 aliphatic rings. The Hall–Kier alpha value is -1.78. The number of nitrogens with two attached hydrogens (primary N) is 1. The number of hydrogen-bond acceptors (Lipinski definition) is 3. The first-order valence-electron chi connectivity index (χ1n) is 6.35. The summed E-state index contributed by atoms with van der Waals surface area (Å²) in [5, 5.41) is 1.52. The fourth-order valence-electron chi connectivity index (χ4n) is 2.07. The highest BCUT2D eigenvalue weighted by Crippen LogP contribution is 2.29. The molecular formula is C16H12ClFN2S. The van der Waals surface area contributed by atoms with Gasteiger partial charge < -0.3 is 5.73 Å². The average molecular weight is 319 g/mol. The molecule has 106 valence electrons. The number of halogens is 2. The van der Waals surface area contributed by atoms with Gasteiger partial charge in [-0.2, -0.15) is 0 Å². The predicted octanol–water partition coefficient (Wildman–Crippen LogP) is 4.90. The van der Waals surface area contributed by atoms with Gasteiger partial charge in [0.2, 0.25) is 0 Å². The first kappa shape index (κ1) is 14.2. The van der Waals surface area contributed by atoms with E-state index in [9.17, 15) is 4.39 Å². The minimum atomic E-state index is -0.333. The van der Waals surface area contributed by atoms with Crippen molar-refractivity contribution in [1.29, 1.82) is 0 Å². The number of anilines is 1.